The molecule has 1 heterocycles. The lowest BCUT2D eigenvalue weighted by Gasteiger charge is -2.35. The van der Waals surface area contributed by atoms with Crippen LogP contribution in [0.25, 0.3) is 0 Å². The Morgan fingerprint density at radius 2 is 2.15 bits per heavy atom. The van der Waals surface area contributed by atoms with Crippen molar-refractivity contribution < 1.29 is 4.74 Å². The van der Waals surface area contributed by atoms with Crippen molar-refractivity contribution in [1.82, 2.24) is 10.2 Å². The zero-order valence-corrected chi connectivity index (χ0v) is 13.1. The Balaban J connectivity index is 1.67. The number of nitrogens with zero attached hydrogens (tertiary/aromatic N) is 1. The van der Waals surface area contributed by atoms with E-state index in [-0.39, 0.29) is 0 Å². The van der Waals surface area contributed by atoms with Gasteiger partial charge in [-0.1, -0.05) is 24.3 Å². The van der Waals surface area contributed by atoms with E-state index >= 15 is 0 Å². The quantitative estimate of drug-likeness (QED) is 0.807. The molecular formula is C17H28N2O. The Morgan fingerprint density at radius 3 is 2.90 bits per heavy atom. The van der Waals surface area contributed by atoms with Gasteiger partial charge in [-0.3, -0.25) is 4.90 Å². The molecule has 1 saturated heterocycles. The third-order valence-corrected chi connectivity index (χ3v) is 4.10. The van der Waals surface area contributed by atoms with Crippen LogP contribution in [-0.2, 0) is 11.2 Å². The van der Waals surface area contributed by atoms with Gasteiger partial charge in [0, 0.05) is 25.7 Å². The van der Waals surface area contributed by atoms with Gasteiger partial charge in [0.25, 0.3) is 0 Å². The van der Waals surface area contributed by atoms with Gasteiger partial charge >= 0.3 is 0 Å². The minimum atomic E-state index is 0.336. The molecule has 112 valence electrons. The zero-order valence-electron chi connectivity index (χ0n) is 13.1. The molecule has 0 spiro atoms. The second-order valence-corrected chi connectivity index (χ2v) is 5.96. The molecule has 1 atom stereocenters. The summed E-state index contributed by atoms with van der Waals surface area (Å²) in [5.41, 5.74) is 2.82. The van der Waals surface area contributed by atoms with Crippen LogP contribution in [0.3, 0.4) is 0 Å². The molecule has 1 aliphatic heterocycles. The maximum Gasteiger partial charge on any atom is 0.0826 e. The Bertz CT molecular complexity index is 406. The van der Waals surface area contributed by atoms with Crippen LogP contribution in [0.4, 0.5) is 0 Å². The highest BCUT2D eigenvalue weighted by Crippen LogP contribution is 2.09. The summed E-state index contributed by atoms with van der Waals surface area (Å²) in [6.07, 6.45) is 1.43. The summed E-state index contributed by atoms with van der Waals surface area (Å²) in [4.78, 5) is 2.50. The fourth-order valence-corrected chi connectivity index (χ4v) is 2.71. The average Bonchev–Trinajstić information content (AvgIpc) is 2.45. The first-order valence-corrected chi connectivity index (χ1v) is 7.77. The van der Waals surface area contributed by atoms with Crippen LogP contribution in [0.2, 0.25) is 0 Å². The van der Waals surface area contributed by atoms with Gasteiger partial charge in [-0.2, -0.15) is 0 Å². The standard InChI is InChI=1S/C17H28N2O/c1-14(2)19-10-11-20-17(13-19)12-18-9-8-16-7-5-4-6-15(16)3/h4-7,14,17-18H,8-13H2,1-3H3. The lowest BCUT2D eigenvalue weighted by atomic mass is 10.1. The summed E-state index contributed by atoms with van der Waals surface area (Å²) in [6, 6.07) is 9.23. The molecule has 0 aromatic heterocycles. The van der Waals surface area contributed by atoms with E-state index < -0.39 is 0 Å². The Morgan fingerprint density at radius 1 is 1.35 bits per heavy atom. The minimum absolute atomic E-state index is 0.336. The SMILES string of the molecule is Cc1ccccc1CCNCC1CN(C(C)C)CCO1. The Labute approximate surface area is 123 Å². The first-order chi connectivity index (χ1) is 9.66. The third-order valence-electron chi connectivity index (χ3n) is 4.10. The van der Waals surface area contributed by atoms with Crippen molar-refractivity contribution in [2.45, 2.75) is 39.3 Å². The Hall–Kier alpha value is -0.900. The lowest BCUT2D eigenvalue weighted by Crippen LogP contribution is -2.49. The first kappa shape index (κ1) is 15.5. The smallest absolute Gasteiger partial charge is 0.0826 e. The van der Waals surface area contributed by atoms with E-state index in [1.165, 1.54) is 11.1 Å². The molecule has 1 N–H and O–H groups in total. The maximum absolute atomic E-state index is 5.83. The fourth-order valence-electron chi connectivity index (χ4n) is 2.71. The van der Waals surface area contributed by atoms with Gasteiger partial charge in [0.05, 0.1) is 12.7 Å². The molecule has 20 heavy (non-hydrogen) atoms. The normalized spacial score (nSPS) is 20.5. The van der Waals surface area contributed by atoms with Gasteiger partial charge in [-0.15, -0.1) is 0 Å². The van der Waals surface area contributed by atoms with E-state index in [0.29, 0.717) is 12.1 Å². The van der Waals surface area contributed by atoms with Crippen LogP contribution in [-0.4, -0.2) is 49.8 Å². The summed E-state index contributed by atoms with van der Waals surface area (Å²) in [7, 11) is 0. The molecule has 0 amide bonds. The van der Waals surface area contributed by atoms with Crippen LogP contribution < -0.4 is 5.32 Å². The second-order valence-electron chi connectivity index (χ2n) is 5.96. The van der Waals surface area contributed by atoms with Crippen LogP contribution in [0.15, 0.2) is 24.3 Å². The van der Waals surface area contributed by atoms with Gasteiger partial charge in [0.2, 0.25) is 0 Å². The van der Waals surface area contributed by atoms with Gasteiger partial charge in [-0.25, -0.2) is 0 Å². The molecular weight excluding hydrogens is 248 g/mol. The van der Waals surface area contributed by atoms with Crippen LogP contribution in [0, 0.1) is 6.92 Å². The molecule has 3 nitrogen and oxygen atoms in total. The maximum atomic E-state index is 5.83. The number of nitrogens with one attached hydrogen (secondary N) is 1. The fraction of sp³-hybridized carbons (Fsp3) is 0.647. The van der Waals surface area contributed by atoms with E-state index in [2.05, 4.69) is 55.3 Å². The predicted molar refractivity (Wildman–Crippen MR) is 84.2 cm³/mol. The average molecular weight is 276 g/mol. The van der Waals surface area contributed by atoms with Crippen LogP contribution >= 0.6 is 0 Å². The number of morpholine rings is 1. The van der Waals surface area contributed by atoms with E-state index in [9.17, 15) is 0 Å². The molecule has 1 aliphatic rings. The van der Waals surface area contributed by atoms with E-state index in [0.717, 1.165) is 39.2 Å². The second kappa shape index (κ2) is 7.77. The van der Waals surface area contributed by atoms with Crippen LogP contribution in [0.1, 0.15) is 25.0 Å². The van der Waals surface area contributed by atoms with Crippen molar-refractivity contribution in [2.24, 2.45) is 0 Å². The zero-order chi connectivity index (χ0) is 14.4. The molecule has 0 aliphatic carbocycles. The number of ether oxygens (including phenoxy) is 1. The monoisotopic (exact) mass is 276 g/mol. The summed E-state index contributed by atoms with van der Waals surface area (Å²) in [5.74, 6) is 0. The highest BCUT2D eigenvalue weighted by molar-refractivity contribution is 5.25. The largest absolute Gasteiger partial charge is 0.374 e. The van der Waals surface area contributed by atoms with Crippen molar-refractivity contribution in [3.05, 3.63) is 35.4 Å². The van der Waals surface area contributed by atoms with Crippen molar-refractivity contribution in [2.75, 3.05) is 32.8 Å². The Kier molecular flexibility index (Phi) is 6.02. The number of hydrogen-bond acceptors (Lipinski definition) is 3. The molecule has 0 saturated carbocycles. The predicted octanol–water partition coefficient (Wildman–Crippen LogP) is 2.24. The minimum Gasteiger partial charge on any atom is -0.374 e. The topological polar surface area (TPSA) is 24.5 Å². The third kappa shape index (κ3) is 4.58. The summed E-state index contributed by atoms with van der Waals surface area (Å²) >= 11 is 0. The molecule has 1 aromatic carbocycles. The van der Waals surface area contributed by atoms with Crippen LogP contribution in [0.5, 0.6) is 0 Å². The van der Waals surface area contributed by atoms with E-state index in [1.54, 1.807) is 0 Å². The highest BCUT2D eigenvalue weighted by Gasteiger charge is 2.21. The van der Waals surface area contributed by atoms with Gasteiger partial charge in [0.15, 0.2) is 0 Å². The van der Waals surface area contributed by atoms with Crippen molar-refractivity contribution in [3.63, 3.8) is 0 Å². The summed E-state index contributed by atoms with van der Waals surface area (Å²) < 4.78 is 5.83. The number of rotatable bonds is 6. The lowest BCUT2D eigenvalue weighted by molar-refractivity contribution is -0.0370. The highest BCUT2D eigenvalue weighted by atomic mass is 16.5. The number of benzene rings is 1. The summed E-state index contributed by atoms with van der Waals surface area (Å²) in [5, 5.41) is 3.54. The number of aryl methyl sites for hydroxylation is 1. The van der Waals surface area contributed by atoms with Gasteiger partial charge in [-0.05, 0) is 44.9 Å². The summed E-state index contributed by atoms with van der Waals surface area (Å²) in [6.45, 7) is 11.7. The molecule has 1 unspecified atom stereocenters. The molecule has 2 rings (SSSR count). The van der Waals surface area contributed by atoms with Gasteiger partial charge < -0.3 is 10.1 Å². The molecule has 3 heteroatoms. The van der Waals surface area contributed by atoms with Crippen molar-refractivity contribution >= 4 is 0 Å². The molecule has 0 bridgehead atoms. The molecule has 0 radical (unpaired) electrons. The first-order valence-electron chi connectivity index (χ1n) is 7.77. The van der Waals surface area contributed by atoms with E-state index in [1.807, 2.05) is 0 Å². The van der Waals surface area contributed by atoms with Gasteiger partial charge in [0.1, 0.15) is 0 Å². The number of hydrogen-bond donors (Lipinski definition) is 1. The molecule has 1 aromatic rings. The van der Waals surface area contributed by atoms with Crippen molar-refractivity contribution in [3.8, 4) is 0 Å². The molecule has 1 fully saturated rings. The van der Waals surface area contributed by atoms with E-state index in [4.69, 9.17) is 4.74 Å². The van der Waals surface area contributed by atoms with Crippen molar-refractivity contribution in [1.29, 1.82) is 0 Å².